The summed E-state index contributed by atoms with van der Waals surface area (Å²) in [5.41, 5.74) is 4.93. The fraction of sp³-hybridized carbons (Fsp3) is 0.118. The molecule has 5 nitrogen and oxygen atoms in total. The van der Waals surface area contributed by atoms with Gasteiger partial charge >= 0.3 is 0 Å². The standard InChI is InChI=1S/C17H15N5S/c1-12-7-8-23-16(12)10-18-15-9-14(13-5-3-2-4-6-13)21-22-11-19-20-17(15)22/h2-9,11,18H,10H2,1H3. The molecule has 4 rings (SSSR count). The van der Waals surface area contributed by atoms with Crippen molar-refractivity contribution in [2.75, 3.05) is 5.32 Å². The molecule has 6 heteroatoms. The number of aromatic nitrogens is 4. The Labute approximate surface area is 137 Å². The number of nitrogens with one attached hydrogen (secondary N) is 1. The van der Waals surface area contributed by atoms with E-state index >= 15 is 0 Å². The summed E-state index contributed by atoms with van der Waals surface area (Å²) in [6.45, 7) is 2.90. The van der Waals surface area contributed by atoms with E-state index in [1.54, 1.807) is 22.2 Å². The number of hydrogen-bond donors (Lipinski definition) is 1. The van der Waals surface area contributed by atoms with E-state index in [1.165, 1.54) is 10.4 Å². The Morgan fingerprint density at radius 2 is 2.04 bits per heavy atom. The Hall–Kier alpha value is -2.73. The fourth-order valence-corrected chi connectivity index (χ4v) is 3.31. The van der Waals surface area contributed by atoms with Crippen LogP contribution in [0.3, 0.4) is 0 Å². The van der Waals surface area contributed by atoms with Crippen molar-refractivity contribution in [2.45, 2.75) is 13.5 Å². The molecule has 114 valence electrons. The van der Waals surface area contributed by atoms with Crippen LogP contribution in [0.5, 0.6) is 0 Å². The van der Waals surface area contributed by atoms with E-state index in [0.29, 0.717) is 0 Å². The first-order chi connectivity index (χ1) is 11.3. The molecule has 4 aromatic rings. The normalized spacial score (nSPS) is 11.0. The first-order valence-electron chi connectivity index (χ1n) is 7.34. The van der Waals surface area contributed by atoms with Crippen molar-refractivity contribution in [3.63, 3.8) is 0 Å². The average molecular weight is 321 g/mol. The Balaban J connectivity index is 1.73. The highest BCUT2D eigenvalue weighted by Crippen LogP contribution is 2.24. The summed E-state index contributed by atoms with van der Waals surface area (Å²) in [5.74, 6) is 0. The molecule has 0 aliphatic rings. The van der Waals surface area contributed by atoms with Crippen LogP contribution >= 0.6 is 11.3 Å². The molecule has 0 spiro atoms. The van der Waals surface area contributed by atoms with Crippen molar-refractivity contribution in [3.05, 3.63) is 64.6 Å². The molecule has 0 fully saturated rings. The molecule has 0 aliphatic carbocycles. The van der Waals surface area contributed by atoms with Gasteiger partial charge in [-0.15, -0.1) is 21.5 Å². The highest BCUT2D eigenvalue weighted by Gasteiger charge is 2.10. The van der Waals surface area contributed by atoms with Gasteiger partial charge in [-0.1, -0.05) is 30.3 Å². The zero-order valence-corrected chi connectivity index (χ0v) is 13.4. The van der Waals surface area contributed by atoms with Gasteiger partial charge in [-0.3, -0.25) is 0 Å². The van der Waals surface area contributed by atoms with Crippen molar-refractivity contribution >= 4 is 22.7 Å². The Kier molecular flexibility index (Phi) is 3.51. The molecule has 0 atom stereocenters. The number of hydrogen-bond acceptors (Lipinski definition) is 5. The summed E-state index contributed by atoms with van der Waals surface area (Å²) in [6.07, 6.45) is 1.63. The van der Waals surface area contributed by atoms with Gasteiger partial charge in [-0.2, -0.15) is 9.61 Å². The summed E-state index contributed by atoms with van der Waals surface area (Å²) >= 11 is 1.76. The number of rotatable bonds is 4. The van der Waals surface area contributed by atoms with Gasteiger partial charge in [0, 0.05) is 17.0 Å². The number of fused-ring (bicyclic) bond motifs is 1. The van der Waals surface area contributed by atoms with Gasteiger partial charge < -0.3 is 5.32 Å². The Morgan fingerprint density at radius 3 is 2.83 bits per heavy atom. The van der Waals surface area contributed by atoms with Crippen LogP contribution in [0, 0.1) is 6.92 Å². The van der Waals surface area contributed by atoms with Gasteiger partial charge in [-0.05, 0) is 30.0 Å². The molecule has 0 aliphatic heterocycles. The van der Waals surface area contributed by atoms with Gasteiger partial charge in [-0.25, -0.2) is 0 Å². The molecule has 1 aromatic carbocycles. The number of anilines is 1. The third-order valence-electron chi connectivity index (χ3n) is 3.75. The predicted molar refractivity (Wildman–Crippen MR) is 92.6 cm³/mol. The van der Waals surface area contributed by atoms with Gasteiger partial charge in [0.2, 0.25) is 5.65 Å². The van der Waals surface area contributed by atoms with Crippen LogP contribution in [0.25, 0.3) is 16.9 Å². The van der Waals surface area contributed by atoms with E-state index in [2.05, 4.69) is 39.0 Å². The Bertz CT molecular complexity index is 942. The van der Waals surface area contributed by atoms with Crippen LogP contribution in [0.1, 0.15) is 10.4 Å². The van der Waals surface area contributed by atoms with Gasteiger partial charge in [0.25, 0.3) is 0 Å². The average Bonchev–Trinajstić information content (AvgIpc) is 3.22. The third-order valence-corrected chi connectivity index (χ3v) is 4.77. The van der Waals surface area contributed by atoms with E-state index in [0.717, 1.165) is 29.1 Å². The van der Waals surface area contributed by atoms with Crippen LogP contribution < -0.4 is 5.32 Å². The van der Waals surface area contributed by atoms with Crippen LogP contribution in [0.2, 0.25) is 0 Å². The van der Waals surface area contributed by atoms with Gasteiger partial charge in [0.05, 0.1) is 11.4 Å². The maximum atomic E-state index is 4.58. The number of aryl methyl sites for hydroxylation is 1. The minimum atomic E-state index is 0.735. The van der Waals surface area contributed by atoms with Crippen molar-refractivity contribution in [2.24, 2.45) is 0 Å². The molecule has 23 heavy (non-hydrogen) atoms. The van der Waals surface area contributed by atoms with Crippen molar-refractivity contribution in [1.29, 1.82) is 0 Å². The lowest BCUT2D eigenvalue weighted by atomic mass is 10.1. The zero-order valence-electron chi connectivity index (χ0n) is 12.6. The van der Waals surface area contributed by atoms with E-state index in [4.69, 9.17) is 0 Å². The van der Waals surface area contributed by atoms with Crippen molar-refractivity contribution in [3.8, 4) is 11.3 Å². The lowest BCUT2D eigenvalue weighted by Gasteiger charge is -2.09. The summed E-state index contributed by atoms with van der Waals surface area (Å²) in [6, 6.07) is 14.3. The second kappa shape index (κ2) is 5.81. The molecule has 1 N–H and O–H groups in total. The van der Waals surface area contributed by atoms with Gasteiger partial charge in [0.15, 0.2) is 0 Å². The number of benzene rings is 1. The molecule has 3 heterocycles. The number of nitrogens with zero attached hydrogens (tertiary/aromatic N) is 4. The first kappa shape index (κ1) is 13.9. The smallest absolute Gasteiger partial charge is 0.200 e. The van der Waals surface area contributed by atoms with Crippen LogP contribution in [-0.4, -0.2) is 19.8 Å². The second-order valence-electron chi connectivity index (χ2n) is 5.29. The lowest BCUT2D eigenvalue weighted by Crippen LogP contribution is -2.04. The van der Waals surface area contributed by atoms with Crippen LogP contribution in [-0.2, 0) is 6.54 Å². The number of thiophene rings is 1. The predicted octanol–water partition coefficient (Wildman–Crippen LogP) is 3.77. The van der Waals surface area contributed by atoms with E-state index in [-0.39, 0.29) is 0 Å². The minimum absolute atomic E-state index is 0.735. The van der Waals surface area contributed by atoms with E-state index in [1.807, 2.05) is 36.4 Å². The van der Waals surface area contributed by atoms with Crippen molar-refractivity contribution < 1.29 is 0 Å². The summed E-state index contributed by atoms with van der Waals surface area (Å²) in [4.78, 5) is 1.32. The second-order valence-corrected chi connectivity index (χ2v) is 6.29. The molecule has 0 bridgehead atoms. The van der Waals surface area contributed by atoms with Gasteiger partial charge in [0.1, 0.15) is 6.33 Å². The third kappa shape index (κ3) is 2.68. The van der Waals surface area contributed by atoms with Crippen LogP contribution in [0.4, 0.5) is 5.69 Å². The Morgan fingerprint density at radius 1 is 1.17 bits per heavy atom. The lowest BCUT2D eigenvalue weighted by molar-refractivity contribution is 0.931. The fourth-order valence-electron chi connectivity index (χ4n) is 2.47. The first-order valence-corrected chi connectivity index (χ1v) is 8.22. The van der Waals surface area contributed by atoms with E-state index in [9.17, 15) is 0 Å². The maximum absolute atomic E-state index is 4.58. The monoisotopic (exact) mass is 321 g/mol. The molecule has 0 amide bonds. The summed E-state index contributed by atoms with van der Waals surface area (Å²) in [7, 11) is 0. The molecule has 3 aromatic heterocycles. The molecular formula is C17H15N5S. The SMILES string of the molecule is Cc1ccsc1CNc1cc(-c2ccccc2)nn2cnnc12. The molecule has 0 saturated carbocycles. The molecular weight excluding hydrogens is 306 g/mol. The molecule has 0 saturated heterocycles. The summed E-state index contributed by atoms with van der Waals surface area (Å²) in [5, 5.41) is 18.3. The topological polar surface area (TPSA) is 55.1 Å². The minimum Gasteiger partial charge on any atom is -0.377 e. The van der Waals surface area contributed by atoms with Crippen LogP contribution in [0.15, 0.2) is 54.2 Å². The maximum Gasteiger partial charge on any atom is 0.200 e. The largest absolute Gasteiger partial charge is 0.377 e. The molecule has 0 radical (unpaired) electrons. The highest BCUT2D eigenvalue weighted by atomic mass is 32.1. The summed E-state index contributed by atoms with van der Waals surface area (Å²) < 4.78 is 1.71. The van der Waals surface area contributed by atoms with E-state index < -0.39 is 0 Å². The van der Waals surface area contributed by atoms with Crippen molar-refractivity contribution in [1.82, 2.24) is 19.8 Å². The molecule has 0 unspecified atom stereocenters. The zero-order chi connectivity index (χ0) is 15.6. The highest BCUT2D eigenvalue weighted by molar-refractivity contribution is 7.10. The quantitative estimate of drug-likeness (QED) is 0.621.